The molecule has 4 aromatic rings. The van der Waals surface area contributed by atoms with Crippen molar-refractivity contribution in [2.24, 2.45) is 5.73 Å². The lowest BCUT2D eigenvalue weighted by molar-refractivity contribution is -0.119. The van der Waals surface area contributed by atoms with Gasteiger partial charge in [0, 0.05) is 37.6 Å². The Hall–Kier alpha value is -4.16. The van der Waals surface area contributed by atoms with Gasteiger partial charge < -0.3 is 20.0 Å². The lowest BCUT2D eigenvalue weighted by Crippen LogP contribution is -2.27. The number of carbonyl (C=O) groups excluding carboxylic acids is 1. The molecule has 0 atom stereocenters. The number of fused-ring (bicyclic) bond motifs is 1. The highest BCUT2D eigenvalue weighted by molar-refractivity contribution is 7.84. The first kappa shape index (κ1) is 25.9. The fraction of sp³-hybridized carbons (Fsp3) is 0.200. The van der Waals surface area contributed by atoms with Crippen molar-refractivity contribution < 1.29 is 26.5 Å². The number of pyridine rings is 1. The van der Waals surface area contributed by atoms with Gasteiger partial charge in [-0.15, -0.1) is 0 Å². The highest BCUT2D eigenvalue weighted by Crippen LogP contribution is 2.39. The van der Waals surface area contributed by atoms with Crippen LogP contribution in [0, 0.1) is 19.7 Å². The molecule has 0 aliphatic carbocycles. The molecule has 2 aromatic carbocycles. The molecule has 3 N–H and O–H groups in total. The van der Waals surface area contributed by atoms with E-state index in [4.69, 9.17) is 14.7 Å². The summed E-state index contributed by atoms with van der Waals surface area (Å²) in [5.74, 6) is -0.715. The van der Waals surface area contributed by atoms with Crippen molar-refractivity contribution in [2.45, 2.75) is 13.8 Å². The van der Waals surface area contributed by atoms with E-state index in [-0.39, 0.29) is 11.5 Å². The summed E-state index contributed by atoms with van der Waals surface area (Å²) in [7, 11) is -1.39. The smallest absolute Gasteiger partial charge is 0.384 e. The molecule has 1 amide bonds. The van der Waals surface area contributed by atoms with Crippen LogP contribution in [-0.4, -0.2) is 48.7 Å². The molecule has 0 saturated heterocycles. The van der Waals surface area contributed by atoms with E-state index in [0.29, 0.717) is 22.7 Å². The molecule has 37 heavy (non-hydrogen) atoms. The maximum atomic E-state index is 14.3. The molecule has 194 valence electrons. The van der Waals surface area contributed by atoms with E-state index in [2.05, 4.69) is 10.3 Å². The molecule has 4 rings (SSSR count). The lowest BCUT2D eigenvalue weighted by Gasteiger charge is -2.17. The van der Waals surface area contributed by atoms with Crippen molar-refractivity contribution in [3.8, 4) is 22.8 Å². The van der Waals surface area contributed by atoms with Crippen LogP contribution in [0.4, 0.5) is 15.9 Å². The Morgan fingerprint density at radius 1 is 1.14 bits per heavy atom. The summed E-state index contributed by atoms with van der Waals surface area (Å²) in [6, 6.07) is 12.9. The largest absolute Gasteiger partial charge is 0.483 e. The fourth-order valence-electron chi connectivity index (χ4n) is 3.67. The number of primary amides is 1. The van der Waals surface area contributed by atoms with Gasteiger partial charge in [-0.1, -0.05) is 18.2 Å². The molecule has 10 nitrogen and oxygen atoms in total. The van der Waals surface area contributed by atoms with Crippen LogP contribution in [0.25, 0.3) is 16.9 Å². The van der Waals surface area contributed by atoms with Crippen molar-refractivity contribution in [1.29, 1.82) is 0 Å². The maximum Gasteiger partial charge on any atom is 0.384 e. The van der Waals surface area contributed by atoms with Crippen molar-refractivity contribution >= 4 is 33.4 Å². The summed E-state index contributed by atoms with van der Waals surface area (Å²) < 4.78 is 52.0. The second-order valence-corrected chi connectivity index (χ2v) is 10.3. The van der Waals surface area contributed by atoms with Crippen LogP contribution in [0.2, 0.25) is 0 Å². The van der Waals surface area contributed by atoms with Gasteiger partial charge in [0.05, 0.1) is 0 Å². The Bertz CT molecular complexity index is 1580. The molecular weight excluding hydrogens is 501 g/mol. The second kappa shape index (κ2) is 10.1. The molecule has 0 fully saturated rings. The van der Waals surface area contributed by atoms with Gasteiger partial charge in [0.15, 0.2) is 6.61 Å². The standard InChI is InChI=1S/C25H26FN5O5S/c1-15-6-5-7-16(2)23(15)29-25-24(28-22-11-8-17(26)13-31(22)25)19-10-9-18(36-37(33,34)30(3)4)12-20(19)35-14-21(27)32/h5-13,29H,14H2,1-4H3,(H2,27,32). The average Bonchev–Trinajstić information content (AvgIpc) is 3.17. The summed E-state index contributed by atoms with van der Waals surface area (Å²) in [4.78, 5) is 16.1. The van der Waals surface area contributed by atoms with Crippen LogP contribution in [0.5, 0.6) is 11.5 Å². The number of imidazole rings is 1. The summed E-state index contributed by atoms with van der Waals surface area (Å²) in [5.41, 5.74) is 9.22. The lowest BCUT2D eigenvalue weighted by atomic mass is 10.1. The number of aryl methyl sites for hydroxylation is 2. The van der Waals surface area contributed by atoms with Gasteiger partial charge >= 0.3 is 10.3 Å². The first-order valence-electron chi connectivity index (χ1n) is 11.1. The van der Waals surface area contributed by atoms with Crippen LogP contribution in [0.15, 0.2) is 54.7 Å². The number of hydrogen-bond acceptors (Lipinski definition) is 7. The number of benzene rings is 2. The zero-order valence-corrected chi connectivity index (χ0v) is 21.5. The highest BCUT2D eigenvalue weighted by atomic mass is 32.2. The Morgan fingerprint density at radius 3 is 2.49 bits per heavy atom. The molecule has 0 aliphatic heterocycles. The number of anilines is 2. The number of amides is 1. The molecule has 0 aliphatic rings. The topological polar surface area (TPSA) is 128 Å². The molecular formula is C25H26FN5O5S. The van der Waals surface area contributed by atoms with E-state index < -0.39 is 28.6 Å². The predicted octanol–water partition coefficient (Wildman–Crippen LogP) is 3.55. The quantitative estimate of drug-likeness (QED) is 0.341. The number of nitrogens with two attached hydrogens (primary N) is 1. The number of carbonyl (C=O) groups is 1. The number of nitrogens with one attached hydrogen (secondary N) is 1. The third kappa shape index (κ3) is 5.49. The van der Waals surface area contributed by atoms with E-state index >= 15 is 0 Å². The average molecular weight is 528 g/mol. The first-order chi connectivity index (χ1) is 17.5. The van der Waals surface area contributed by atoms with Gasteiger partial charge in [-0.05, 0) is 49.2 Å². The number of halogens is 1. The van der Waals surface area contributed by atoms with E-state index in [1.54, 1.807) is 10.5 Å². The van der Waals surface area contributed by atoms with E-state index in [0.717, 1.165) is 21.1 Å². The minimum Gasteiger partial charge on any atom is -0.483 e. The van der Waals surface area contributed by atoms with Crippen molar-refractivity contribution in [1.82, 2.24) is 13.7 Å². The van der Waals surface area contributed by atoms with Gasteiger partial charge in [-0.25, -0.2) is 9.37 Å². The number of aromatic nitrogens is 2. The second-order valence-electron chi connectivity index (χ2n) is 8.51. The van der Waals surface area contributed by atoms with Crippen molar-refractivity contribution in [3.05, 3.63) is 71.7 Å². The molecule has 2 heterocycles. The minimum absolute atomic E-state index is 0.0454. The van der Waals surface area contributed by atoms with Gasteiger partial charge in [0.2, 0.25) is 0 Å². The maximum absolute atomic E-state index is 14.3. The van der Waals surface area contributed by atoms with Crippen LogP contribution in [0.3, 0.4) is 0 Å². The normalized spacial score (nSPS) is 11.6. The molecule has 0 spiro atoms. The monoisotopic (exact) mass is 527 g/mol. The third-order valence-electron chi connectivity index (χ3n) is 5.53. The van der Waals surface area contributed by atoms with Crippen LogP contribution in [0.1, 0.15) is 11.1 Å². The summed E-state index contributed by atoms with van der Waals surface area (Å²) in [6.07, 6.45) is 1.30. The third-order valence-corrected chi connectivity index (χ3v) is 6.83. The predicted molar refractivity (Wildman–Crippen MR) is 138 cm³/mol. The molecule has 0 bridgehead atoms. The van der Waals surface area contributed by atoms with Gasteiger partial charge in [-0.3, -0.25) is 9.20 Å². The highest BCUT2D eigenvalue weighted by Gasteiger charge is 2.22. The van der Waals surface area contributed by atoms with Gasteiger partial charge in [0.25, 0.3) is 5.91 Å². The Balaban J connectivity index is 1.91. The van der Waals surface area contributed by atoms with Gasteiger partial charge in [0.1, 0.15) is 34.5 Å². The number of rotatable bonds is 9. The molecule has 12 heteroatoms. The zero-order chi connectivity index (χ0) is 26.9. The molecule has 2 aromatic heterocycles. The first-order valence-corrected chi connectivity index (χ1v) is 12.5. The zero-order valence-electron chi connectivity index (χ0n) is 20.6. The Labute approximate surface area is 213 Å². The van der Waals surface area contributed by atoms with Crippen molar-refractivity contribution in [2.75, 3.05) is 26.0 Å². The van der Waals surface area contributed by atoms with E-state index in [1.807, 2.05) is 32.0 Å². The number of nitrogens with zero attached hydrogens (tertiary/aromatic N) is 3. The fourth-order valence-corrected chi connectivity index (χ4v) is 4.17. The Kier molecular flexibility index (Phi) is 7.05. The summed E-state index contributed by atoms with van der Waals surface area (Å²) in [6.45, 7) is 3.41. The summed E-state index contributed by atoms with van der Waals surface area (Å²) >= 11 is 0. The molecule has 0 saturated carbocycles. The van der Waals surface area contributed by atoms with Crippen molar-refractivity contribution in [3.63, 3.8) is 0 Å². The van der Waals surface area contributed by atoms with E-state index in [9.17, 15) is 17.6 Å². The Morgan fingerprint density at radius 2 is 1.84 bits per heavy atom. The van der Waals surface area contributed by atoms with Crippen LogP contribution < -0.4 is 20.0 Å². The van der Waals surface area contributed by atoms with Crippen LogP contribution >= 0.6 is 0 Å². The molecule has 0 radical (unpaired) electrons. The molecule has 0 unspecified atom stereocenters. The van der Waals surface area contributed by atoms with E-state index in [1.165, 1.54) is 44.6 Å². The number of para-hydroxylation sites is 1. The number of ether oxygens (including phenoxy) is 1. The van der Waals surface area contributed by atoms with Gasteiger partial charge in [-0.2, -0.15) is 12.7 Å². The SMILES string of the molecule is Cc1cccc(C)c1Nc1c(-c2ccc(OS(=O)(=O)N(C)C)cc2OCC(N)=O)nc2ccc(F)cn12. The number of hydrogen-bond donors (Lipinski definition) is 2. The minimum atomic E-state index is -4.05. The summed E-state index contributed by atoms with van der Waals surface area (Å²) in [5, 5.41) is 3.37. The van der Waals surface area contributed by atoms with Crippen LogP contribution in [-0.2, 0) is 15.1 Å².